The van der Waals surface area contributed by atoms with Crippen molar-refractivity contribution < 1.29 is 24.2 Å². The molecule has 1 aromatic rings. The van der Waals surface area contributed by atoms with Gasteiger partial charge in [0, 0.05) is 12.8 Å². The summed E-state index contributed by atoms with van der Waals surface area (Å²) in [5.74, 6) is -0.849. The molecule has 0 saturated carbocycles. The average molecular weight is 336 g/mol. The number of rotatable bonds is 9. The van der Waals surface area contributed by atoms with Crippen molar-refractivity contribution in [3.8, 4) is 5.75 Å². The molecule has 0 spiro atoms. The van der Waals surface area contributed by atoms with Gasteiger partial charge in [0.1, 0.15) is 5.75 Å². The predicted octanol–water partition coefficient (Wildman–Crippen LogP) is 1.98. The summed E-state index contributed by atoms with van der Waals surface area (Å²) in [7, 11) is 0. The summed E-state index contributed by atoms with van der Waals surface area (Å²) in [6.45, 7) is 4.04. The van der Waals surface area contributed by atoms with Crippen LogP contribution in [0.1, 0.15) is 51.0 Å². The van der Waals surface area contributed by atoms with E-state index < -0.39 is 17.8 Å². The van der Waals surface area contributed by atoms with Crippen LogP contribution in [0, 0.1) is 0 Å². The van der Waals surface area contributed by atoms with Gasteiger partial charge in [-0.15, -0.1) is 0 Å². The maximum Gasteiger partial charge on any atom is 0.303 e. The molecule has 1 aromatic carbocycles. The van der Waals surface area contributed by atoms with E-state index >= 15 is 0 Å². The summed E-state index contributed by atoms with van der Waals surface area (Å²) >= 11 is 0. The fraction of sp³-hybridized carbons (Fsp3) is 0.471. The quantitative estimate of drug-likeness (QED) is 0.598. The molecule has 0 fully saturated rings. The fourth-order valence-corrected chi connectivity index (χ4v) is 1.92. The largest absolute Gasteiger partial charge is 0.484 e. The van der Waals surface area contributed by atoms with Gasteiger partial charge in [-0.25, -0.2) is 0 Å². The molecule has 132 valence electrons. The van der Waals surface area contributed by atoms with E-state index in [-0.39, 0.29) is 25.9 Å². The van der Waals surface area contributed by atoms with E-state index in [2.05, 4.69) is 24.7 Å². The number of carbonyl (C=O) groups is 3. The first kappa shape index (κ1) is 19.5. The van der Waals surface area contributed by atoms with E-state index in [9.17, 15) is 14.4 Å². The zero-order valence-corrected chi connectivity index (χ0v) is 14.0. The van der Waals surface area contributed by atoms with Crippen LogP contribution in [-0.4, -0.2) is 29.5 Å². The second-order valence-corrected chi connectivity index (χ2v) is 5.51. The van der Waals surface area contributed by atoms with Gasteiger partial charge < -0.3 is 9.84 Å². The number of nitrogens with one attached hydrogen (secondary N) is 2. The summed E-state index contributed by atoms with van der Waals surface area (Å²) in [4.78, 5) is 33.3. The highest BCUT2D eigenvalue weighted by atomic mass is 16.5. The molecule has 0 aliphatic carbocycles. The Labute approximate surface area is 141 Å². The summed E-state index contributed by atoms with van der Waals surface area (Å²) in [6.07, 6.45) is 1.21. The molecular weight excluding hydrogens is 312 g/mol. The maximum absolute atomic E-state index is 11.6. The summed E-state index contributed by atoms with van der Waals surface area (Å²) < 4.78 is 5.34. The number of hydrogen-bond donors (Lipinski definition) is 3. The molecule has 1 unspecified atom stereocenters. The number of hydrazine groups is 1. The highest BCUT2D eigenvalue weighted by Crippen LogP contribution is 2.21. The Balaban J connectivity index is 2.26. The molecule has 0 aliphatic rings. The SMILES string of the molecule is CCC(C)c1ccc(OCC(=O)NNC(=O)CCCC(=O)O)cc1. The molecular formula is C17H24N2O5. The van der Waals surface area contributed by atoms with E-state index in [1.54, 1.807) is 12.1 Å². The first-order valence-electron chi connectivity index (χ1n) is 7.94. The molecule has 0 aromatic heterocycles. The lowest BCUT2D eigenvalue weighted by Gasteiger charge is -2.11. The Morgan fingerprint density at radius 3 is 2.29 bits per heavy atom. The summed E-state index contributed by atoms with van der Waals surface area (Å²) in [6, 6.07) is 7.54. The molecule has 0 heterocycles. The van der Waals surface area contributed by atoms with Gasteiger partial charge in [-0.2, -0.15) is 0 Å². The molecule has 0 saturated heterocycles. The minimum Gasteiger partial charge on any atom is -0.484 e. The van der Waals surface area contributed by atoms with Crippen LogP contribution >= 0.6 is 0 Å². The monoisotopic (exact) mass is 336 g/mol. The van der Waals surface area contributed by atoms with Gasteiger partial charge in [0.2, 0.25) is 5.91 Å². The second kappa shape index (κ2) is 10.3. The minimum atomic E-state index is -0.959. The van der Waals surface area contributed by atoms with Crippen LogP contribution in [0.5, 0.6) is 5.75 Å². The molecule has 7 heteroatoms. The predicted molar refractivity (Wildman–Crippen MR) is 88.4 cm³/mol. The van der Waals surface area contributed by atoms with Gasteiger partial charge in [0.15, 0.2) is 6.61 Å². The Morgan fingerprint density at radius 2 is 1.71 bits per heavy atom. The lowest BCUT2D eigenvalue weighted by atomic mass is 9.99. The van der Waals surface area contributed by atoms with Crippen LogP contribution in [0.3, 0.4) is 0 Å². The lowest BCUT2D eigenvalue weighted by molar-refractivity contribution is -0.137. The molecule has 3 N–H and O–H groups in total. The van der Waals surface area contributed by atoms with Crippen molar-refractivity contribution in [2.24, 2.45) is 0 Å². The number of carboxylic acid groups (broad SMARTS) is 1. The van der Waals surface area contributed by atoms with Crippen LogP contribution in [0.25, 0.3) is 0 Å². The molecule has 1 rings (SSSR count). The van der Waals surface area contributed by atoms with E-state index in [1.165, 1.54) is 5.56 Å². The Morgan fingerprint density at radius 1 is 1.08 bits per heavy atom. The number of amides is 2. The van der Waals surface area contributed by atoms with Gasteiger partial charge in [0.05, 0.1) is 0 Å². The van der Waals surface area contributed by atoms with Gasteiger partial charge in [-0.1, -0.05) is 26.0 Å². The lowest BCUT2D eigenvalue weighted by Crippen LogP contribution is -2.43. The number of benzene rings is 1. The van der Waals surface area contributed by atoms with Crippen molar-refractivity contribution in [1.29, 1.82) is 0 Å². The van der Waals surface area contributed by atoms with Crippen molar-refractivity contribution in [3.63, 3.8) is 0 Å². The van der Waals surface area contributed by atoms with Crippen molar-refractivity contribution in [3.05, 3.63) is 29.8 Å². The molecule has 1 atom stereocenters. The topological polar surface area (TPSA) is 105 Å². The standard InChI is InChI=1S/C17H24N2O5/c1-3-12(2)13-7-9-14(10-8-13)24-11-16(21)19-18-15(20)5-4-6-17(22)23/h7-10,12H,3-6,11H2,1-2H3,(H,18,20)(H,19,21)(H,22,23). The van der Waals surface area contributed by atoms with Crippen LogP contribution in [-0.2, 0) is 14.4 Å². The second-order valence-electron chi connectivity index (χ2n) is 5.51. The molecule has 0 aliphatic heterocycles. The maximum atomic E-state index is 11.6. The summed E-state index contributed by atoms with van der Waals surface area (Å²) in [5, 5.41) is 8.47. The first-order valence-corrected chi connectivity index (χ1v) is 7.94. The van der Waals surface area contributed by atoms with Crippen molar-refractivity contribution in [1.82, 2.24) is 10.9 Å². The Hall–Kier alpha value is -2.57. The normalized spacial score (nSPS) is 11.4. The zero-order valence-electron chi connectivity index (χ0n) is 14.0. The third-order valence-corrected chi connectivity index (χ3v) is 3.57. The zero-order chi connectivity index (χ0) is 17.9. The van der Waals surface area contributed by atoms with E-state index in [0.717, 1.165) is 6.42 Å². The number of hydrogen-bond acceptors (Lipinski definition) is 4. The Bertz CT molecular complexity index is 557. The van der Waals surface area contributed by atoms with Crippen LogP contribution in [0.2, 0.25) is 0 Å². The number of carbonyl (C=O) groups excluding carboxylic acids is 2. The van der Waals surface area contributed by atoms with Crippen LogP contribution in [0.15, 0.2) is 24.3 Å². The first-order chi connectivity index (χ1) is 11.4. The van der Waals surface area contributed by atoms with E-state index in [1.807, 2.05) is 12.1 Å². The number of aliphatic carboxylic acids is 1. The van der Waals surface area contributed by atoms with Crippen molar-refractivity contribution in [2.75, 3.05) is 6.61 Å². The summed E-state index contributed by atoms with van der Waals surface area (Å²) in [5.41, 5.74) is 5.64. The van der Waals surface area contributed by atoms with Crippen LogP contribution in [0.4, 0.5) is 0 Å². The molecule has 0 bridgehead atoms. The number of carboxylic acids is 1. The molecule has 2 amide bonds. The third kappa shape index (κ3) is 7.62. The Kier molecular flexibility index (Phi) is 8.32. The van der Waals surface area contributed by atoms with Crippen LogP contribution < -0.4 is 15.6 Å². The molecule has 0 radical (unpaired) electrons. The highest BCUT2D eigenvalue weighted by Gasteiger charge is 2.07. The van der Waals surface area contributed by atoms with Crippen molar-refractivity contribution >= 4 is 17.8 Å². The van der Waals surface area contributed by atoms with Gasteiger partial charge in [0.25, 0.3) is 5.91 Å². The third-order valence-electron chi connectivity index (χ3n) is 3.57. The minimum absolute atomic E-state index is 0.0323. The molecule has 7 nitrogen and oxygen atoms in total. The van der Waals surface area contributed by atoms with Gasteiger partial charge in [-0.05, 0) is 36.5 Å². The fourth-order valence-electron chi connectivity index (χ4n) is 1.92. The van der Waals surface area contributed by atoms with Crippen molar-refractivity contribution in [2.45, 2.75) is 45.4 Å². The highest BCUT2D eigenvalue weighted by molar-refractivity contribution is 5.82. The smallest absolute Gasteiger partial charge is 0.303 e. The van der Waals surface area contributed by atoms with E-state index in [4.69, 9.17) is 9.84 Å². The molecule has 24 heavy (non-hydrogen) atoms. The van der Waals surface area contributed by atoms with Gasteiger partial charge >= 0.3 is 5.97 Å². The number of ether oxygens (including phenoxy) is 1. The van der Waals surface area contributed by atoms with Gasteiger partial charge in [-0.3, -0.25) is 25.2 Å². The van der Waals surface area contributed by atoms with E-state index in [0.29, 0.717) is 11.7 Å². The average Bonchev–Trinajstić information content (AvgIpc) is 2.57.